The molecule has 0 unspecified atom stereocenters. The molecule has 1 amide bonds. The monoisotopic (exact) mass is 303 g/mol. The van der Waals surface area contributed by atoms with Crippen molar-refractivity contribution in [1.82, 2.24) is 5.32 Å². The molecular weight excluding hydrogens is 274 g/mol. The second kappa shape index (κ2) is 8.33. The lowest BCUT2D eigenvalue weighted by atomic mass is 9.79. The van der Waals surface area contributed by atoms with Crippen molar-refractivity contribution in [3.05, 3.63) is 35.9 Å². The van der Waals surface area contributed by atoms with Crippen LogP contribution in [0.1, 0.15) is 51.5 Å². The third-order valence-corrected chi connectivity index (χ3v) is 4.50. The topological polar surface area (TPSA) is 38.3 Å². The smallest absolute Gasteiger partial charge is 0.222 e. The first-order valence-corrected chi connectivity index (χ1v) is 8.52. The van der Waals surface area contributed by atoms with Crippen LogP contribution in [-0.2, 0) is 14.9 Å². The molecule has 0 heterocycles. The fraction of sp³-hybridized carbons (Fsp3) is 0.632. The zero-order chi connectivity index (χ0) is 15.8. The Balaban J connectivity index is 1.81. The van der Waals surface area contributed by atoms with Gasteiger partial charge in [-0.1, -0.05) is 57.0 Å². The summed E-state index contributed by atoms with van der Waals surface area (Å²) >= 11 is 0. The summed E-state index contributed by atoms with van der Waals surface area (Å²) < 4.78 is 5.49. The zero-order valence-electron chi connectivity index (χ0n) is 13.9. The Hall–Kier alpha value is -1.35. The predicted molar refractivity (Wildman–Crippen MR) is 89.9 cm³/mol. The van der Waals surface area contributed by atoms with E-state index in [1.165, 1.54) is 31.2 Å². The highest BCUT2D eigenvalue weighted by Gasteiger charge is 2.35. The Bertz CT molecular complexity index is 450. The van der Waals surface area contributed by atoms with Gasteiger partial charge in [-0.15, -0.1) is 0 Å². The van der Waals surface area contributed by atoms with E-state index >= 15 is 0 Å². The SMILES string of the molecule is CC(C)COCCC(=O)NCC1(c2ccccc2)CCCC1. The number of amides is 1. The number of hydrogen-bond donors (Lipinski definition) is 1. The van der Waals surface area contributed by atoms with Gasteiger partial charge in [-0.3, -0.25) is 4.79 Å². The molecule has 1 aromatic rings. The molecule has 0 saturated heterocycles. The first-order valence-electron chi connectivity index (χ1n) is 8.52. The summed E-state index contributed by atoms with van der Waals surface area (Å²) in [7, 11) is 0. The maximum absolute atomic E-state index is 12.0. The molecule has 1 saturated carbocycles. The number of rotatable bonds is 8. The van der Waals surface area contributed by atoms with Crippen molar-refractivity contribution in [2.45, 2.75) is 51.4 Å². The highest BCUT2D eigenvalue weighted by molar-refractivity contribution is 5.76. The normalized spacial score (nSPS) is 16.9. The van der Waals surface area contributed by atoms with E-state index in [9.17, 15) is 4.79 Å². The van der Waals surface area contributed by atoms with Crippen LogP contribution in [0.25, 0.3) is 0 Å². The largest absolute Gasteiger partial charge is 0.381 e. The lowest BCUT2D eigenvalue weighted by molar-refractivity contribution is -0.122. The van der Waals surface area contributed by atoms with Gasteiger partial charge < -0.3 is 10.1 Å². The first kappa shape index (κ1) is 17.0. The van der Waals surface area contributed by atoms with Crippen molar-refractivity contribution >= 4 is 5.91 Å². The molecule has 3 nitrogen and oxygen atoms in total. The minimum absolute atomic E-state index is 0.103. The van der Waals surface area contributed by atoms with Gasteiger partial charge in [-0.2, -0.15) is 0 Å². The van der Waals surface area contributed by atoms with Crippen LogP contribution in [0.3, 0.4) is 0 Å². The van der Waals surface area contributed by atoms with Gasteiger partial charge in [0.05, 0.1) is 6.61 Å². The van der Waals surface area contributed by atoms with Gasteiger partial charge in [-0.05, 0) is 24.3 Å². The molecular formula is C19H29NO2. The van der Waals surface area contributed by atoms with Gasteiger partial charge in [0.15, 0.2) is 0 Å². The van der Waals surface area contributed by atoms with Crippen LogP contribution in [0, 0.1) is 5.92 Å². The number of benzene rings is 1. The third-order valence-electron chi connectivity index (χ3n) is 4.50. The molecule has 0 radical (unpaired) electrons. The molecule has 0 bridgehead atoms. The quantitative estimate of drug-likeness (QED) is 0.744. The summed E-state index contributed by atoms with van der Waals surface area (Å²) in [5.74, 6) is 0.619. The summed E-state index contributed by atoms with van der Waals surface area (Å²) in [5.41, 5.74) is 1.50. The standard InChI is InChI=1S/C19H29NO2/c1-16(2)14-22-13-10-18(21)20-15-19(11-6-7-12-19)17-8-4-3-5-9-17/h3-5,8-9,16H,6-7,10-15H2,1-2H3,(H,20,21). The Labute approximate surface area is 134 Å². The lowest BCUT2D eigenvalue weighted by Crippen LogP contribution is -2.39. The fourth-order valence-electron chi connectivity index (χ4n) is 3.25. The van der Waals surface area contributed by atoms with Crippen LogP contribution in [0.2, 0.25) is 0 Å². The molecule has 0 spiro atoms. The molecule has 1 aliphatic carbocycles. The van der Waals surface area contributed by atoms with E-state index in [1.54, 1.807) is 0 Å². The molecule has 1 aliphatic rings. The molecule has 1 fully saturated rings. The van der Waals surface area contributed by atoms with E-state index in [1.807, 2.05) is 0 Å². The van der Waals surface area contributed by atoms with E-state index in [4.69, 9.17) is 4.74 Å². The molecule has 2 rings (SSSR count). The van der Waals surface area contributed by atoms with Crippen LogP contribution in [0.15, 0.2) is 30.3 Å². The summed E-state index contributed by atoms with van der Waals surface area (Å²) in [6.07, 6.45) is 5.30. The first-order chi connectivity index (χ1) is 10.6. The van der Waals surface area contributed by atoms with Crippen molar-refractivity contribution in [2.24, 2.45) is 5.92 Å². The summed E-state index contributed by atoms with van der Waals surface area (Å²) in [6.45, 7) is 6.22. The Kier molecular flexibility index (Phi) is 6.44. The van der Waals surface area contributed by atoms with E-state index < -0.39 is 0 Å². The maximum Gasteiger partial charge on any atom is 0.222 e. The van der Waals surface area contributed by atoms with Crippen LogP contribution in [0.5, 0.6) is 0 Å². The minimum atomic E-state index is 0.103. The van der Waals surface area contributed by atoms with Crippen LogP contribution < -0.4 is 5.32 Å². The Morgan fingerprint density at radius 1 is 1.23 bits per heavy atom. The van der Waals surface area contributed by atoms with Crippen molar-refractivity contribution < 1.29 is 9.53 Å². The molecule has 122 valence electrons. The second-order valence-electron chi connectivity index (χ2n) is 6.85. The molecule has 0 aromatic heterocycles. The zero-order valence-corrected chi connectivity index (χ0v) is 13.9. The number of ether oxygens (including phenoxy) is 1. The summed E-state index contributed by atoms with van der Waals surface area (Å²) in [4.78, 5) is 12.0. The fourth-order valence-corrected chi connectivity index (χ4v) is 3.25. The number of nitrogens with one attached hydrogen (secondary N) is 1. The van der Waals surface area contributed by atoms with E-state index in [2.05, 4.69) is 49.5 Å². The number of hydrogen-bond acceptors (Lipinski definition) is 2. The van der Waals surface area contributed by atoms with Crippen molar-refractivity contribution in [1.29, 1.82) is 0 Å². The minimum Gasteiger partial charge on any atom is -0.381 e. The molecule has 22 heavy (non-hydrogen) atoms. The van der Waals surface area contributed by atoms with Crippen LogP contribution in [-0.4, -0.2) is 25.7 Å². The van der Waals surface area contributed by atoms with E-state index in [0.717, 1.165) is 13.2 Å². The molecule has 3 heteroatoms. The van der Waals surface area contributed by atoms with Gasteiger partial charge in [0, 0.05) is 25.0 Å². The summed E-state index contributed by atoms with van der Waals surface area (Å²) in [5, 5.41) is 3.13. The van der Waals surface area contributed by atoms with Gasteiger partial charge in [0.2, 0.25) is 5.91 Å². The predicted octanol–water partition coefficient (Wildman–Crippen LogP) is 3.68. The van der Waals surface area contributed by atoms with Gasteiger partial charge in [-0.25, -0.2) is 0 Å². The van der Waals surface area contributed by atoms with Crippen LogP contribution in [0.4, 0.5) is 0 Å². The molecule has 1 aromatic carbocycles. The molecule has 1 N–H and O–H groups in total. The van der Waals surface area contributed by atoms with E-state index in [0.29, 0.717) is 18.9 Å². The van der Waals surface area contributed by atoms with Gasteiger partial charge in [0.25, 0.3) is 0 Å². The molecule has 0 atom stereocenters. The average molecular weight is 303 g/mol. The van der Waals surface area contributed by atoms with Crippen molar-refractivity contribution in [2.75, 3.05) is 19.8 Å². The Morgan fingerprint density at radius 3 is 2.55 bits per heavy atom. The van der Waals surface area contributed by atoms with E-state index in [-0.39, 0.29) is 11.3 Å². The number of carbonyl (C=O) groups excluding carboxylic acids is 1. The highest BCUT2D eigenvalue weighted by Crippen LogP contribution is 2.40. The number of carbonyl (C=O) groups is 1. The van der Waals surface area contributed by atoms with Gasteiger partial charge >= 0.3 is 0 Å². The van der Waals surface area contributed by atoms with Gasteiger partial charge in [0.1, 0.15) is 0 Å². The van der Waals surface area contributed by atoms with Crippen molar-refractivity contribution in [3.63, 3.8) is 0 Å². The third kappa shape index (κ3) is 4.84. The second-order valence-corrected chi connectivity index (χ2v) is 6.85. The highest BCUT2D eigenvalue weighted by atomic mass is 16.5. The average Bonchev–Trinajstić information content (AvgIpc) is 3.00. The molecule has 0 aliphatic heterocycles. The Morgan fingerprint density at radius 2 is 1.91 bits per heavy atom. The lowest BCUT2D eigenvalue weighted by Gasteiger charge is -2.30. The van der Waals surface area contributed by atoms with Crippen LogP contribution >= 0.6 is 0 Å². The maximum atomic E-state index is 12.0. The summed E-state index contributed by atoms with van der Waals surface area (Å²) in [6, 6.07) is 10.6. The van der Waals surface area contributed by atoms with Crippen molar-refractivity contribution in [3.8, 4) is 0 Å².